The van der Waals surface area contributed by atoms with E-state index in [9.17, 15) is 28.8 Å². The topological polar surface area (TPSA) is 220 Å². The number of urea groups is 1. The minimum Gasteiger partial charge on any atom is -0.379 e. The number of fused-ring (bicyclic) bond motifs is 2. The average Bonchev–Trinajstić information content (AvgIpc) is 3.27. The second-order valence-corrected chi connectivity index (χ2v) is 16.4. The zero-order chi connectivity index (χ0) is 47.2. The summed E-state index contributed by atoms with van der Waals surface area (Å²) in [4.78, 5) is 78.0. The van der Waals surface area contributed by atoms with E-state index in [2.05, 4.69) is 27.3 Å². The Morgan fingerprint density at radius 2 is 1.29 bits per heavy atom. The summed E-state index contributed by atoms with van der Waals surface area (Å²) in [6.45, 7) is 10.0. The van der Waals surface area contributed by atoms with Crippen LogP contribution in [0.1, 0.15) is 95.2 Å². The van der Waals surface area contributed by atoms with E-state index >= 15 is 0 Å². The van der Waals surface area contributed by atoms with Crippen molar-refractivity contribution in [3.63, 3.8) is 0 Å². The first kappa shape index (κ1) is 54.0. The Kier molecular flexibility index (Phi) is 26.2. The fraction of sp³-hybridized carbons (Fsp3) is 0.583. The third-order valence-electron chi connectivity index (χ3n) is 10.7. The molecular weight excluding hydrogens is 835 g/mol. The van der Waals surface area contributed by atoms with Crippen molar-refractivity contribution in [3.05, 3.63) is 65.2 Å². The number of anilines is 1. The van der Waals surface area contributed by atoms with E-state index in [0.29, 0.717) is 72.3 Å². The fourth-order valence-corrected chi connectivity index (χ4v) is 6.90. The first-order valence-corrected chi connectivity index (χ1v) is 23.0. The number of likely N-dealkylation sites (N-methyl/N-ethyl adjacent to an activating group) is 1. The van der Waals surface area contributed by atoms with E-state index < -0.39 is 12.1 Å². The van der Waals surface area contributed by atoms with Gasteiger partial charge in [0.2, 0.25) is 29.5 Å². The number of ether oxygens (including phenoxy) is 4. The quantitative estimate of drug-likeness (QED) is 0.0660. The maximum absolute atomic E-state index is 13.3. The minimum absolute atomic E-state index is 0.0651. The molecule has 17 nitrogen and oxygen atoms in total. The van der Waals surface area contributed by atoms with Gasteiger partial charge in [-0.05, 0) is 54.9 Å². The maximum Gasteiger partial charge on any atom is 0.312 e. The maximum atomic E-state index is 13.3. The van der Waals surface area contributed by atoms with Crippen molar-refractivity contribution in [1.29, 1.82) is 0 Å². The Morgan fingerprint density at radius 1 is 0.662 bits per heavy atom. The molecule has 2 atom stereocenters. The molecule has 3 rings (SSSR count). The van der Waals surface area contributed by atoms with Gasteiger partial charge in [-0.2, -0.15) is 0 Å². The normalized spacial score (nSPS) is 13.3. The highest BCUT2D eigenvalue weighted by Crippen LogP contribution is 2.29. The van der Waals surface area contributed by atoms with Gasteiger partial charge in [-0.15, -0.1) is 0 Å². The van der Waals surface area contributed by atoms with Gasteiger partial charge < -0.3 is 55.7 Å². The number of carbonyl (C=O) groups excluding carboxylic acids is 6. The Morgan fingerprint density at radius 3 is 1.98 bits per heavy atom. The van der Waals surface area contributed by atoms with Crippen molar-refractivity contribution in [1.82, 2.24) is 26.2 Å². The zero-order valence-electron chi connectivity index (χ0n) is 38.9. The van der Waals surface area contributed by atoms with Crippen molar-refractivity contribution in [2.45, 2.75) is 97.2 Å². The van der Waals surface area contributed by atoms with Crippen LogP contribution in [0.3, 0.4) is 0 Å². The molecule has 7 amide bonds. The number of hydrogen-bond donors (Lipinski definition) is 5. The summed E-state index contributed by atoms with van der Waals surface area (Å²) in [6, 6.07) is 14.5. The molecule has 17 heteroatoms. The average molecular weight is 908 g/mol. The van der Waals surface area contributed by atoms with Crippen LogP contribution in [0.4, 0.5) is 10.5 Å². The fourth-order valence-electron chi connectivity index (χ4n) is 6.90. The van der Waals surface area contributed by atoms with Crippen LogP contribution in [-0.2, 0) is 49.5 Å². The summed E-state index contributed by atoms with van der Waals surface area (Å²) < 4.78 is 22.2. The van der Waals surface area contributed by atoms with Gasteiger partial charge in [0.1, 0.15) is 6.04 Å². The Hall–Kier alpha value is -5.36. The van der Waals surface area contributed by atoms with Gasteiger partial charge >= 0.3 is 6.03 Å². The third-order valence-corrected chi connectivity index (χ3v) is 10.7. The van der Waals surface area contributed by atoms with Crippen LogP contribution < -0.4 is 31.9 Å². The van der Waals surface area contributed by atoms with E-state index in [4.69, 9.17) is 24.7 Å². The molecule has 0 saturated carbocycles. The van der Waals surface area contributed by atoms with Crippen LogP contribution in [0, 0.1) is 5.92 Å². The van der Waals surface area contributed by atoms with Gasteiger partial charge in [0.05, 0.1) is 65.1 Å². The van der Waals surface area contributed by atoms with Crippen molar-refractivity contribution in [3.8, 4) is 0 Å². The number of nitrogens with two attached hydrogens (primary N) is 1. The summed E-state index contributed by atoms with van der Waals surface area (Å²) in [5.74, 6) is -0.970. The number of primary amides is 1. The highest BCUT2D eigenvalue weighted by molar-refractivity contribution is 5.97. The van der Waals surface area contributed by atoms with E-state index in [0.717, 1.165) is 48.1 Å². The van der Waals surface area contributed by atoms with Crippen LogP contribution in [0.15, 0.2) is 48.5 Å². The van der Waals surface area contributed by atoms with E-state index in [1.165, 1.54) is 0 Å². The van der Waals surface area contributed by atoms with Crippen molar-refractivity contribution in [2.24, 2.45) is 11.7 Å². The standard InChI is InChI=1S/C48H73N7O10/c1-36(2)46(47(60)52-37(3)13-6-5-11-24-51-48(49)61)53-43(57)18-12-19-44(58)54(4)26-28-63-30-32-65-34-33-64-31-29-62-27-23-42(56)50-25-22-45(59)55-35-40-16-8-7-14-38(40)20-21-39-15-9-10-17-41(39)55/h7-10,14-17,20-21,36-37,46H,5-6,11-13,18-19,22-35H2,1-4H3,(H,50,56)(H,52,60)(H,53,57)(H3,49,51,61)/b21-20-/t37-,46+/m1/s1. The number of amides is 7. The molecule has 0 aliphatic carbocycles. The number of nitrogens with zero attached hydrogens (tertiary/aromatic N) is 2. The van der Waals surface area contributed by atoms with Crippen LogP contribution >= 0.6 is 0 Å². The zero-order valence-corrected chi connectivity index (χ0v) is 38.9. The number of benzene rings is 2. The molecule has 1 heterocycles. The summed E-state index contributed by atoms with van der Waals surface area (Å²) in [6.07, 6.45) is 8.50. The molecule has 2 aromatic rings. The molecule has 2 aromatic carbocycles. The molecule has 0 saturated heterocycles. The lowest BCUT2D eigenvalue weighted by Crippen LogP contribution is -2.51. The molecule has 360 valence electrons. The summed E-state index contributed by atoms with van der Waals surface area (Å²) >= 11 is 0. The number of para-hydroxylation sites is 1. The number of unbranched alkanes of at least 4 members (excludes halogenated alkanes) is 2. The third kappa shape index (κ3) is 22.4. The minimum atomic E-state index is -0.675. The second kappa shape index (κ2) is 31.5. The largest absolute Gasteiger partial charge is 0.379 e. The van der Waals surface area contributed by atoms with Gasteiger partial charge in [0, 0.05) is 58.4 Å². The summed E-state index contributed by atoms with van der Waals surface area (Å²) in [7, 11) is 1.69. The van der Waals surface area contributed by atoms with Gasteiger partial charge in [0.15, 0.2) is 0 Å². The van der Waals surface area contributed by atoms with Crippen molar-refractivity contribution in [2.75, 3.05) is 84.4 Å². The monoisotopic (exact) mass is 908 g/mol. The van der Waals surface area contributed by atoms with Gasteiger partial charge in [-0.3, -0.25) is 24.0 Å². The molecule has 0 aromatic heterocycles. The smallest absolute Gasteiger partial charge is 0.312 e. The molecule has 0 fully saturated rings. The van der Waals surface area contributed by atoms with Crippen LogP contribution in [0.5, 0.6) is 0 Å². The van der Waals surface area contributed by atoms with E-state index in [1.807, 2.05) is 75.4 Å². The lowest BCUT2D eigenvalue weighted by atomic mass is 10.0. The highest BCUT2D eigenvalue weighted by atomic mass is 16.6. The molecular formula is C48H73N7O10. The molecule has 0 unspecified atom stereocenters. The second-order valence-electron chi connectivity index (χ2n) is 16.4. The molecule has 1 aliphatic heterocycles. The van der Waals surface area contributed by atoms with Gasteiger partial charge in [0.25, 0.3) is 0 Å². The molecule has 1 aliphatic rings. The van der Waals surface area contributed by atoms with E-state index in [1.54, 1.807) is 16.8 Å². The molecule has 0 radical (unpaired) electrons. The summed E-state index contributed by atoms with van der Waals surface area (Å²) in [5, 5.41) is 11.2. The van der Waals surface area contributed by atoms with Crippen LogP contribution in [0.25, 0.3) is 12.2 Å². The van der Waals surface area contributed by atoms with Crippen LogP contribution in [0.2, 0.25) is 0 Å². The number of carbonyl (C=O) groups is 6. The van der Waals surface area contributed by atoms with Gasteiger partial charge in [-0.25, -0.2) is 4.79 Å². The lowest BCUT2D eigenvalue weighted by Gasteiger charge is -2.27. The van der Waals surface area contributed by atoms with Crippen molar-refractivity contribution >= 4 is 53.4 Å². The summed E-state index contributed by atoms with van der Waals surface area (Å²) in [5.41, 5.74) is 9.01. The number of nitrogens with one attached hydrogen (secondary N) is 4. The highest BCUT2D eigenvalue weighted by Gasteiger charge is 2.25. The lowest BCUT2D eigenvalue weighted by molar-refractivity contribution is -0.132. The molecule has 65 heavy (non-hydrogen) atoms. The SMILES string of the molecule is CC(C)[C@H](NC(=O)CCCC(=O)N(C)CCOCCOCCOCCOCCC(=O)NCCC(=O)N1Cc2ccccc2/C=C\c2ccccc21)C(=O)N[C@H](C)CCCCCNC(N)=O. The first-order valence-electron chi connectivity index (χ1n) is 23.0. The Balaban J connectivity index is 1.12. The predicted molar refractivity (Wildman–Crippen MR) is 250 cm³/mol. The predicted octanol–water partition coefficient (Wildman–Crippen LogP) is 4.17. The number of hydrogen-bond acceptors (Lipinski definition) is 10. The Bertz CT molecular complexity index is 1810. The van der Waals surface area contributed by atoms with E-state index in [-0.39, 0.29) is 80.3 Å². The molecule has 6 N–H and O–H groups in total. The van der Waals surface area contributed by atoms with Crippen molar-refractivity contribution < 1.29 is 47.7 Å². The number of rotatable bonds is 32. The molecule has 0 bridgehead atoms. The first-order chi connectivity index (χ1) is 31.3. The van der Waals surface area contributed by atoms with Gasteiger partial charge in [-0.1, -0.05) is 81.3 Å². The Labute approximate surface area is 384 Å². The van der Waals surface area contributed by atoms with Crippen LogP contribution in [-0.4, -0.2) is 132 Å². The molecule has 0 spiro atoms.